The van der Waals surface area contributed by atoms with Crippen LogP contribution in [-0.4, -0.2) is 46.4 Å². The molecule has 142 valence electrons. The largest absolute Gasteiger partial charge is 0.361 e. The highest BCUT2D eigenvalue weighted by Crippen LogP contribution is 2.33. The van der Waals surface area contributed by atoms with Crippen LogP contribution >= 0.6 is 0 Å². The van der Waals surface area contributed by atoms with Crippen LogP contribution in [0.25, 0.3) is 0 Å². The molecule has 2 aliphatic rings. The van der Waals surface area contributed by atoms with Crippen LogP contribution in [0.5, 0.6) is 0 Å². The van der Waals surface area contributed by atoms with Gasteiger partial charge in [0.05, 0.1) is 12.1 Å². The fourth-order valence-electron chi connectivity index (χ4n) is 4.29. The van der Waals surface area contributed by atoms with Crippen molar-refractivity contribution in [3.8, 4) is 0 Å². The summed E-state index contributed by atoms with van der Waals surface area (Å²) in [6.07, 6.45) is 0.856. The molecule has 6 nitrogen and oxygen atoms in total. The predicted octanol–water partition coefficient (Wildman–Crippen LogP) is 2.34. The highest BCUT2D eigenvalue weighted by atomic mass is 16.5. The first kappa shape index (κ1) is 17.8. The highest BCUT2D eigenvalue weighted by molar-refractivity contribution is 5.81. The number of nitrogens with zero attached hydrogens (tertiary/aromatic N) is 3. The Bertz CT molecular complexity index is 826. The monoisotopic (exact) mass is 367 g/mol. The van der Waals surface area contributed by atoms with Crippen molar-refractivity contribution in [2.75, 3.05) is 19.6 Å². The molecule has 6 heteroatoms. The lowest BCUT2D eigenvalue weighted by molar-refractivity contribution is -0.137. The molecule has 0 saturated carbocycles. The van der Waals surface area contributed by atoms with E-state index in [9.17, 15) is 9.59 Å². The van der Waals surface area contributed by atoms with Crippen molar-refractivity contribution in [2.45, 2.75) is 33.2 Å². The summed E-state index contributed by atoms with van der Waals surface area (Å²) in [4.78, 5) is 29.2. The summed E-state index contributed by atoms with van der Waals surface area (Å²) in [5.74, 6) is 1.64. The molecule has 0 spiro atoms. The molecule has 1 aromatic heterocycles. The molecule has 27 heavy (non-hydrogen) atoms. The molecule has 2 aromatic rings. The summed E-state index contributed by atoms with van der Waals surface area (Å²) in [7, 11) is 0. The number of benzene rings is 1. The van der Waals surface area contributed by atoms with Crippen molar-refractivity contribution in [1.29, 1.82) is 0 Å². The van der Waals surface area contributed by atoms with Crippen molar-refractivity contribution in [1.82, 2.24) is 15.0 Å². The third kappa shape index (κ3) is 3.61. The fourth-order valence-corrected chi connectivity index (χ4v) is 4.29. The zero-order valence-electron chi connectivity index (χ0n) is 15.9. The zero-order chi connectivity index (χ0) is 19.0. The molecule has 4 rings (SSSR count). The van der Waals surface area contributed by atoms with E-state index in [4.69, 9.17) is 4.52 Å². The third-order valence-electron chi connectivity index (χ3n) is 5.90. The molecular weight excluding hydrogens is 342 g/mol. The minimum absolute atomic E-state index is 0.0980. The van der Waals surface area contributed by atoms with E-state index < -0.39 is 0 Å². The van der Waals surface area contributed by atoms with Crippen molar-refractivity contribution in [3.05, 3.63) is 52.9 Å². The van der Waals surface area contributed by atoms with Gasteiger partial charge in [-0.15, -0.1) is 0 Å². The smallest absolute Gasteiger partial charge is 0.227 e. The maximum atomic E-state index is 12.8. The van der Waals surface area contributed by atoms with Crippen LogP contribution in [0.2, 0.25) is 0 Å². The summed E-state index contributed by atoms with van der Waals surface area (Å²) in [5, 5.41) is 3.93. The summed E-state index contributed by atoms with van der Waals surface area (Å²) in [6, 6.07) is 10.1. The minimum atomic E-state index is 0.0980. The van der Waals surface area contributed by atoms with Gasteiger partial charge in [0.15, 0.2) is 0 Å². The molecule has 0 unspecified atom stereocenters. The predicted molar refractivity (Wildman–Crippen MR) is 99.7 cm³/mol. The zero-order valence-corrected chi connectivity index (χ0v) is 15.9. The molecule has 2 atom stereocenters. The van der Waals surface area contributed by atoms with Gasteiger partial charge < -0.3 is 14.3 Å². The van der Waals surface area contributed by atoms with E-state index >= 15 is 0 Å². The number of piperidine rings is 1. The van der Waals surface area contributed by atoms with E-state index in [-0.39, 0.29) is 17.7 Å². The van der Waals surface area contributed by atoms with E-state index in [1.807, 2.05) is 54.0 Å². The van der Waals surface area contributed by atoms with Gasteiger partial charge in [-0.3, -0.25) is 9.59 Å². The van der Waals surface area contributed by atoms with Crippen LogP contribution in [0.4, 0.5) is 0 Å². The average molecular weight is 367 g/mol. The van der Waals surface area contributed by atoms with Crippen molar-refractivity contribution in [2.24, 2.45) is 11.8 Å². The maximum Gasteiger partial charge on any atom is 0.227 e. The summed E-state index contributed by atoms with van der Waals surface area (Å²) < 4.78 is 5.17. The maximum absolute atomic E-state index is 12.8. The van der Waals surface area contributed by atoms with Gasteiger partial charge >= 0.3 is 0 Å². The Balaban J connectivity index is 1.39. The number of aryl methyl sites for hydroxylation is 2. The number of likely N-dealkylation sites (tertiary alicyclic amines) is 2. The van der Waals surface area contributed by atoms with Gasteiger partial charge in [-0.1, -0.05) is 35.5 Å². The average Bonchev–Trinajstić information content (AvgIpc) is 3.20. The standard InChI is InChI=1S/C21H25N3O3/c1-14-19(15(2)27-22-14)9-21(26)24-11-17-8-20(25)23(12-18(17)13-24)10-16-6-4-3-5-7-16/h3-7,17-18H,8-13H2,1-2H3/t17-,18+/m0/s1. The Hall–Kier alpha value is -2.63. The van der Waals surface area contributed by atoms with Crippen LogP contribution in [0.1, 0.15) is 29.0 Å². The lowest BCUT2D eigenvalue weighted by Gasteiger charge is -2.34. The summed E-state index contributed by atoms with van der Waals surface area (Å²) in [6.45, 7) is 6.49. The van der Waals surface area contributed by atoms with E-state index in [1.54, 1.807) is 0 Å². The first-order valence-electron chi connectivity index (χ1n) is 9.52. The second-order valence-corrected chi connectivity index (χ2v) is 7.76. The number of amides is 2. The van der Waals surface area contributed by atoms with Crippen LogP contribution in [-0.2, 0) is 22.6 Å². The molecule has 1 aromatic carbocycles. The second-order valence-electron chi connectivity index (χ2n) is 7.76. The molecule has 0 aliphatic carbocycles. The van der Waals surface area contributed by atoms with Gasteiger partial charge in [-0.25, -0.2) is 0 Å². The molecule has 2 amide bonds. The number of aromatic nitrogens is 1. The summed E-state index contributed by atoms with van der Waals surface area (Å²) >= 11 is 0. The molecule has 0 N–H and O–H groups in total. The fraction of sp³-hybridized carbons (Fsp3) is 0.476. The number of carbonyl (C=O) groups excluding carboxylic acids is 2. The molecule has 2 fully saturated rings. The first-order chi connectivity index (χ1) is 13.0. The van der Waals surface area contributed by atoms with Crippen LogP contribution in [0, 0.1) is 25.7 Å². The molecule has 0 bridgehead atoms. The highest BCUT2D eigenvalue weighted by Gasteiger charge is 2.41. The van der Waals surface area contributed by atoms with Crippen molar-refractivity contribution < 1.29 is 14.1 Å². The lowest BCUT2D eigenvalue weighted by Crippen LogP contribution is -2.43. The second kappa shape index (κ2) is 7.18. The van der Waals surface area contributed by atoms with Crippen LogP contribution < -0.4 is 0 Å². The van der Waals surface area contributed by atoms with Crippen LogP contribution in [0.3, 0.4) is 0 Å². The van der Waals surface area contributed by atoms with Crippen molar-refractivity contribution in [3.63, 3.8) is 0 Å². The number of hydrogen-bond acceptors (Lipinski definition) is 4. The lowest BCUT2D eigenvalue weighted by atomic mass is 9.88. The van der Waals surface area contributed by atoms with E-state index in [1.165, 1.54) is 0 Å². The quantitative estimate of drug-likeness (QED) is 0.832. The van der Waals surface area contributed by atoms with E-state index in [0.717, 1.165) is 29.9 Å². The minimum Gasteiger partial charge on any atom is -0.361 e. The third-order valence-corrected chi connectivity index (χ3v) is 5.90. The van der Waals surface area contributed by atoms with Crippen LogP contribution in [0.15, 0.2) is 34.9 Å². The molecule has 3 heterocycles. The SMILES string of the molecule is Cc1noc(C)c1CC(=O)N1C[C@H]2CN(Cc3ccccc3)C(=O)C[C@H]2C1. The van der Waals surface area contributed by atoms with Gasteiger partial charge in [0, 0.05) is 38.2 Å². The first-order valence-corrected chi connectivity index (χ1v) is 9.52. The van der Waals surface area contributed by atoms with Gasteiger partial charge in [0.2, 0.25) is 11.8 Å². The Kier molecular flexibility index (Phi) is 4.72. The van der Waals surface area contributed by atoms with E-state index in [0.29, 0.717) is 37.6 Å². The normalized spacial score (nSPS) is 22.2. The molecule has 0 radical (unpaired) electrons. The topological polar surface area (TPSA) is 66.7 Å². The number of fused-ring (bicyclic) bond motifs is 1. The molecule has 2 saturated heterocycles. The Labute approximate surface area is 159 Å². The van der Waals surface area contributed by atoms with Crippen molar-refractivity contribution >= 4 is 11.8 Å². The number of hydrogen-bond donors (Lipinski definition) is 0. The van der Waals surface area contributed by atoms with Gasteiger partial charge in [0.1, 0.15) is 5.76 Å². The Morgan fingerprint density at radius 2 is 1.89 bits per heavy atom. The number of carbonyl (C=O) groups is 2. The number of rotatable bonds is 4. The van der Waals surface area contributed by atoms with Gasteiger partial charge in [0.25, 0.3) is 0 Å². The van der Waals surface area contributed by atoms with Gasteiger partial charge in [-0.2, -0.15) is 0 Å². The molecule has 2 aliphatic heterocycles. The Morgan fingerprint density at radius 3 is 2.59 bits per heavy atom. The molecular formula is C21H25N3O3. The Morgan fingerprint density at radius 1 is 1.15 bits per heavy atom. The van der Waals surface area contributed by atoms with E-state index in [2.05, 4.69) is 5.16 Å². The summed E-state index contributed by atoms with van der Waals surface area (Å²) in [5.41, 5.74) is 2.81. The van der Waals surface area contributed by atoms with Gasteiger partial charge in [-0.05, 0) is 31.2 Å².